The number of hydrogen-bond donors (Lipinski definition) is 2. The molecule has 0 radical (unpaired) electrons. The van der Waals surface area contributed by atoms with E-state index in [-0.39, 0.29) is 11.5 Å². The molecule has 0 saturated heterocycles. The lowest BCUT2D eigenvalue weighted by atomic mass is 10.0. The van der Waals surface area contributed by atoms with Crippen LogP contribution in [-0.2, 0) is 9.59 Å². The normalized spacial score (nSPS) is 12.4. The van der Waals surface area contributed by atoms with Crippen LogP contribution in [0.4, 0.5) is 5.69 Å². The van der Waals surface area contributed by atoms with Crippen molar-refractivity contribution in [1.29, 1.82) is 5.26 Å². The fourth-order valence-electron chi connectivity index (χ4n) is 2.18. The monoisotopic (exact) mass is 329 g/mol. The largest absolute Gasteiger partial charge is 0.480 e. The summed E-state index contributed by atoms with van der Waals surface area (Å²) in [5.74, 6) is -2.10. The number of hydrogen-bond acceptors (Lipinski definition) is 4. The quantitative estimate of drug-likeness (QED) is 0.592. The molecular weight excluding hydrogens is 306 g/mol. The fraction of sp³-hybridized carbons (Fsp3) is 0.389. The van der Waals surface area contributed by atoms with Crippen LogP contribution in [0.3, 0.4) is 0 Å². The summed E-state index contributed by atoms with van der Waals surface area (Å²) in [5, 5.41) is 20.8. The molecule has 1 atom stereocenters. The average Bonchev–Trinajstić information content (AvgIpc) is 2.52. The predicted octanol–water partition coefficient (Wildman–Crippen LogP) is 2.45. The molecule has 24 heavy (non-hydrogen) atoms. The first kappa shape index (κ1) is 19.2. The highest BCUT2D eigenvalue weighted by atomic mass is 16.4. The van der Waals surface area contributed by atoms with Gasteiger partial charge in [-0.2, -0.15) is 5.26 Å². The molecule has 0 aromatic heterocycles. The number of nitriles is 1. The summed E-state index contributed by atoms with van der Waals surface area (Å²) < 4.78 is 0. The zero-order valence-corrected chi connectivity index (χ0v) is 14.4. The zero-order chi connectivity index (χ0) is 18.3. The lowest BCUT2D eigenvalue weighted by molar-refractivity contribution is -0.142. The standard InChI is InChI=1S/C18H23N3O3/c1-5-21(15-8-6-7-13(4)9-15)11-14(10-19)17(22)20-16(12(2)3)18(23)24/h6-9,11-12,16H,5H2,1-4H3,(H,20,22)(H,23,24)/b14-11-. The van der Waals surface area contributed by atoms with Crippen LogP contribution in [-0.4, -0.2) is 29.6 Å². The molecule has 0 bridgehead atoms. The van der Waals surface area contributed by atoms with Gasteiger partial charge in [-0.15, -0.1) is 0 Å². The molecule has 0 aliphatic rings. The average molecular weight is 329 g/mol. The molecule has 0 spiro atoms. The van der Waals surface area contributed by atoms with Gasteiger partial charge in [0, 0.05) is 18.4 Å². The number of nitrogens with zero attached hydrogens (tertiary/aromatic N) is 2. The van der Waals surface area contributed by atoms with Gasteiger partial charge in [-0.25, -0.2) is 4.79 Å². The second-order valence-electron chi connectivity index (χ2n) is 5.81. The van der Waals surface area contributed by atoms with Crippen LogP contribution in [0.25, 0.3) is 0 Å². The van der Waals surface area contributed by atoms with Crippen molar-refractivity contribution in [3.8, 4) is 6.07 Å². The van der Waals surface area contributed by atoms with Gasteiger partial charge in [-0.3, -0.25) is 4.79 Å². The number of carbonyl (C=O) groups is 2. The minimum absolute atomic E-state index is 0.134. The molecule has 128 valence electrons. The second-order valence-corrected chi connectivity index (χ2v) is 5.81. The minimum atomic E-state index is -1.12. The number of amides is 1. The number of aryl methyl sites for hydroxylation is 1. The van der Waals surface area contributed by atoms with Crippen LogP contribution in [0.2, 0.25) is 0 Å². The number of benzene rings is 1. The van der Waals surface area contributed by atoms with E-state index in [1.54, 1.807) is 18.7 Å². The molecule has 0 fully saturated rings. The maximum absolute atomic E-state index is 12.3. The first-order valence-electron chi connectivity index (χ1n) is 7.79. The van der Waals surface area contributed by atoms with Gasteiger partial charge in [0.1, 0.15) is 17.7 Å². The Labute approximate surface area is 142 Å². The molecule has 0 aliphatic heterocycles. The molecule has 1 amide bonds. The van der Waals surface area contributed by atoms with Crippen LogP contribution in [0.1, 0.15) is 26.3 Å². The summed E-state index contributed by atoms with van der Waals surface area (Å²) in [6, 6.07) is 8.49. The predicted molar refractivity (Wildman–Crippen MR) is 92.3 cm³/mol. The van der Waals surface area contributed by atoms with Gasteiger partial charge in [0.2, 0.25) is 0 Å². The first-order chi connectivity index (χ1) is 11.3. The lowest BCUT2D eigenvalue weighted by Crippen LogP contribution is -2.45. The molecule has 1 aromatic rings. The van der Waals surface area contributed by atoms with Crippen LogP contribution < -0.4 is 10.2 Å². The highest BCUT2D eigenvalue weighted by Crippen LogP contribution is 2.17. The Morgan fingerprint density at radius 3 is 2.54 bits per heavy atom. The molecule has 1 aromatic carbocycles. The van der Waals surface area contributed by atoms with Gasteiger partial charge in [0.25, 0.3) is 5.91 Å². The van der Waals surface area contributed by atoms with E-state index >= 15 is 0 Å². The van der Waals surface area contributed by atoms with Crippen molar-refractivity contribution < 1.29 is 14.7 Å². The maximum atomic E-state index is 12.3. The highest BCUT2D eigenvalue weighted by molar-refractivity contribution is 5.99. The number of rotatable bonds is 7. The van der Waals surface area contributed by atoms with Gasteiger partial charge < -0.3 is 15.3 Å². The molecule has 0 saturated carbocycles. The summed E-state index contributed by atoms with van der Waals surface area (Å²) in [4.78, 5) is 25.2. The third kappa shape index (κ3) is 5.13. The van der Waals surface area contributed by atoms with Crippen molar-refractivity contribution in [3.63, 3.8) is 0 Å². The van der Waals surface area contributed by atoms with E-state index in [2.05, 4.69) is 5.32 Å². The summed E-state index contributed by atoms with van der Waals surface area (Å²) in [5.41, 5.74) is 1.79. The topological polar surface area (TPSA) is 93.4 Å². The fourth-order valence-corrected chi connectivity index (χ4v) is 2.18. The zero-order valence-electron chi connectivity index (χ0n) is 14.4. The van der Waals surface area contributed by atoms with Crippen molar-refractivity contribution in [2.24, 2.45) is 5.92 Å². The maximum Gasteiger partial charge on any atom is 0.326 e. The number of aliphatic carboxylic acids is 1. The van der Waals surface area contributed by atoms with Gasteiger partial charge in [-0.1, -0.05) is 26.0 Å². The molecule has 1 unspecified atom stereocenters. The van der Waals surface area contributed by atoms with Crippen molar-refractivity contribution in [2.75, 3.05) is 11.4 Å². The Balaban J connectivity index is 3.05. The van der Waals surface area contributed by atoms with Crippen molar-refractivity contribution in [3.05, 3.63) is 41.6 Å². The van der Waals surface area contributed by atoms with Crippen LogP contribution in [0, 0.1) is 24.2 Å². The van der Waals surface area contributed by atoms with Crippen molar-refractivity contribution >= 4 is 17.6 Å². The Bertz CT molecular complexity index is 674. The van der Waals surface area contributed by atoms with Gasteiger partial charge in [-0.05, 0) is 37.5 Å². The van der Waals surface area contributed by atoms with E-state index in [4.69, 9.17) is 5.11 Å². The van der Waals surface area contributed by atoms with Crippen LogP contribution in [0.5, 0.6) is 0 Å². The Morgan fingerprint density at radius 1 is 1.42 bits per heavy atom. The van der Waals surface area contributed by atoms with Gasteiger partial charge in [0.15, 0.2) is 0 Å². The van der Waals surface area contributed by atoms with Gasteiger partial charge in [0.05, 0.1) is 0 Å². The van der Waals surface area contributed by atoms with E-state index in [1.807, 2.05) is 44.2 Å². The van der Waals surface area contributed by atoms with Crippen LogP contribution in [0.15, 0.2) is 36.0 Å². The van der Waals surface area contributed by atoms with Gasteiger partial charge >= 0.3 is 5.97 Å². The van der Waals surface area contributed by atoms with E-state index in [0.29, 0.717) is 6.54 Å². The van der Waals surface area contributed by atoms with Crippen molar-refractivity contribution in [2.45, 2.75) is 33.7 Å². The number of carbonyl (C=O) groups excluding carboxylic acids is 1. The minimum Gasteiger partial charge on any atom is -0.480 e. The Hall–Kier alpha value is -2.81. The third-order valence-electron chi connectivity index (χ3n) is 3.54. The number of carboxylic acids is 1. The summed E-state index contributed by atoms with van der Waals surface area (Å²) in [6.07, 6.45) is 1.45. The molecule has 0 heterocycles. The molecule has 1 rings (SSSR count). The number of carboxylic acid groups (broad SMARTS) is 1. The van der Waals surface area contributed by atoms with E-state index < -0.39 is 17.9 Å². The molecular formula is C18H23N3O3. The van der Waals surface area contributed by atoms with Crippen LogP contribution >= 0.6 is 0 Å². The van der Waals surface area contributed by atoms with Crippen molar-refractivity contribution in [1.82, 2.24) is 5.32 Å². The van der Waals surface area contributed by atoms with E-state index in [1.165, 1.54) is 6.20 Å². The Kier molecular flexibility index (Phi) is 6.99. The number of anilines is 1. The third-order valence-corrected chi connectivity index (χ3v) is 3.54. The second kappa shape index (κ2) is 8.73. The van der Waals surface area contributed by atoms with E-state index in [0.717, 1.165) is 11.3 Å². The summed E-state index contributed by atoms with van der Waals surface area (Å²) in [6.45, 7) is 7.81. The SMILES string of the molecule is CCN(/C=C(/C#N)C(=O)NC(C(=O)O)C(C)C)c1cccc(C)c1. The smallest absolute Gasteiger partial charge is 0.326 e. The summed E-state index contributed by atoms with van der Waals surface area (Å²) in [7, 11) is 0. The van der Waals surface area contributed by atoms with E-state index in [9.17, 15) is 14.9 Å². The molecule has 6 heteroatoms. The molecule has 0 aliphatic carbocycles. The number of nitrogens with one attached hydrogen (secondary N) is 1. The Morgan fingerprint density at radius 2 is 2.08 bits per heavy atom. The molecule has 6 nitrogen and oxygen atoms in total. The first-order valence-corrected chi connectivity index (χ1v) is 7.79. The lowest BCUT2D eigenvalue weighted by Gasteiger charge is -2.21. The summed E-state index contributed by atoms with van der Waals surface area (Å²) >= 11 is 0. The molecule has 2 N–H and O–H groups in total. The highest BCUT2D eigenvalue weighted by Gasteiger charge is 2.25.